The Balaban J connectivity index is 1.94. The number of aryl methyl sites for hydroxylation is 1. The zero-order chi connectivity index (χ0) is 12.5. The van der Waals surface area contributed by atoms with Crippen molar-refractivity contribution in [2.75, 3.05) is 5.73 Å². The van der Waals surface area contributed by atoms with Crippen molar-refractivity contribution in [3.63, 3.8) is 0 Å². The summed E-state index contributed by atoms with van der Waals surface area (Å²) in [6.07, 6.45) is 2.91. The van der Waals surface area contributed by atoms with Crippen LogP contribution in [0.1, 0.15) is 29.2 Å². The van der Waals surface area contributed by atoms with Crippen LogP contribution in [-0.4, -0.2) is 9.97 Å². The molecule has 0 fully saturated rings. The van der Waals surface area contributed by atoms with E-state index in [1.54, 1.807) is 0 Å². The van der Waals surface area contributed by atoms with Gasteiger partial charge in [0.15, 0.2) is 0 Å². The molecule has 0 amide bonds. The van der Waals surface area contributed by atoms with Crippen LogP contribution < -0.4 is 5.73 Å². The summed E-state index contributed by atoms with van der Waals surface area (Å²) in [4.78, 5) is 8.33. The number of hydrogen-bond acceptors (Lipinski definition) is 3. The minimum absolute atomic E-state index is 0.275. The fourth-order valence-corrected chi connectivity index (χ4v) is 2.87. The molecule has 0 saturated carbocycles. The summed E-state index contributed by atoms with van der Waals surface area (Å²) in [6, 6.07) is 10.5. The molecule has 0 saturated heterocycles. The highest BCUT2D eigenvalue weighted by atomic mass is 35.5. The monoisotopic (exact) mass is 259 g/mol. The van der Waals surface area contributed by atoms with Crippen LogP contribution in [0.3, 0.4) is 0 Å². The van der Waals surface area contributed by atoms with Crippen molar-refractivity contribution < 1.29 is 0 Å². The van der Waals surface area contributed by atoms with Crippen molar-refractivity contribution in [1.82, 2.24) is 9.97 Å². The Morgan fingerprint density at radius 3 is 2.72 bits per heavy atom. The lowest BCUT2D eigenvalue weighted by Gasteiger charge is -2.24. The minimum Gasteiger partial charge on any atom is -0.368 e. The molecule has 4 heteroatoms. The van der Waals surface area contributed by atoms with Gasteiger partial charge in [-0.1, -0.05) is 41.9 Å². The van der Waals surface area contributed by atoms with Crippen molar-refractivity contribution in [1.29, 1.82) is 0 Å². The Morgan fingerprint density at radius 1 is 1.17 bits per heavy atom. The van der Waals surface area contributed by atoms with Crippen LogP contribution in [0.4, 0.5) is 5.95 Å². The highest BCUT2D eigenvalue weighted by molar-refractivity contribution is 6.30. The molecule has 3 nitrogen and oxygen atoms in total. The minimum atomic E-state index is 0.275. The van der Waals surface area contributed by atoms with Crippen LogP contribution in [0.25, 0.3) is 0 Å². The molecular formula is C14H14ClN3. The van der Waals surface area contributed by atoms with Gasteiger partial charge in [0.05, 0.1) is 5.69 Å². The zero-order valence-corrected chi connectivity index (χ0v) is 10.7. The second-order valence-electron chi connectivity index (χ2n) is 4.65. The standard InChI is InChI=1S/C14H14ClN3/c15-13-11-8-10(9-4-2-1-3-5-9)6-7-12(11)17-14(16)18-13/h1-5,10H,6-8H2,(H2,16,17,18). The Morgan fingerprint density at radius 2 is 1.94 bits per heavy atom. The van der Waals surface area contributed by atoms with Gasteiger partial charge in [-0.15, -0.1) is 0 Å². The van der Waals surface area contributed by atoms with E-state index in [0.717, 1.165) is 30.5 Å². The molecule has 2 N–H and O–H groups in total. The maximum Gasteiger partial charge on any atom is 0.221 e. The van der Waals surface area contributed by atoms with Gasteiger partial charge >= 0.3 is 0 Å². The van der Waals surface area contributed by atoms with E-state index in [1.807, 2.05) is 6.07 Å². The van der Waals surface area contributed by atoms with Crippen LogP contribution in [0.5, 0.6) is 0 Å². The molecular weight excluding hydrogens is 246 g/mol. The first kappa shape index (κ1) is 11.5. The zero-order valence-electron chi connectivity index (χ0n) is 9.94. The van der Waals surface area contributed by atoms with E-state index in [1.165, 1.54) is 5.56 Å². The summed E-state index contributed by atoms with van der Waals surface area (Å²) in [5.41, 5.74) is 9.05. The molecule has 1 aliphatic carbocycles. The van der Waals surface area contributed by atoms with Gasteiger partial charge in [0.1, 0.15) is 5.15 Å². The third kappa shape index (κ3) is 2.06. The number of hydrogen-bond donors (Lipinski definition) is 1. The highest BCUT2D eigenvalue weighted by Gasteiger charge is 2.24. The molecule has 1 aromatic heterocycles. The molecule has 1 aromatic carbocycles. The second kappa shape index (κ2) is 4.58. The van der Waals surface area contributed by atoms with E-state index in [4.69, 9.17) is 17.3 Å². The van der Waals surface area contributed by atoms with Crippen LogP contribution in [0.15, 0.2) is 30.3 Å². The Bertz CT molecular complexity index is 569. The summed E-state index contributed by atoms with van der Waals surface area (Å²) < 4.78 is 0. The Labute approximate surface area is 111 Å². The van der Waals surface area contributed by atoms with Gasteiger partial charge < -0.3 is 5.73 Å². The maximum atomic E-state index is 6.17. The molecule has 1 aliphatic rings. The predicted molar refractivity (Wildman–Crippen MR) is 72.7 cm³/mol. The van der Waals surface area contributed by atoms with Gasteiger partial charge in [-0.25, -0.2) is 9.97 Å². The summed E-state index contributed by atoms with van der Waals surface area (Å²) >= 11 is 6.17. The van der Waals surface area contributed by atoms with Crippen molar-refractivity contribution in [3.8, 4) is 0 Å². The number of anilines is 1. The summed E-state index contributed by atoms with van der Waals surface area (Å²) in [5.74, 6) is 0.778. The fraction of sp³-hybridized carbons (Fsp3) is 0.286. The van der Waals surface area contributed by atoms with Crippen LogP contribution in [0, 0.1) is 0 Å². The first-order valence-electron chi connectivity index (χ1n) is 6.10. The second-order valence-corrected chi connectivity index (χ2v) is 5.01. The SMILES string of the molecule is Nc1nc(Cl)c2c(n1)CCC(c1ccccc1)C2. The number of rotatable bonds is 1. The maximum absolute atomic E-state index is 6.17. The number of fused-ring (bicyclic) bond motifs is 1. The normalized spacial score (nSPS) is 18.4. The molecule has 0 aliphatic heterocycles. The third-order valence-electron chi connectivity index (χ3n) is 3.51. The highest BCUT2D eigenvalue weighted by Crippen LogP contribution is 2.34. The molecule has 0 bridgehead atoms. The molecule has 0 spiro atoms. The van der Waals surface area contributed by atoms with E-state index in [2.05, 4.69) is 34.2 Å². The van der Waals surface area contributed by atoms with Gasteiger partial charge in [-0.2, -0.15) is 0 Å². The van der Waals surface area contributed by atoms with E-state index in [9.17, 15) is 0 Å². The molecule has 0 radical (unpaired) electrons. The molecule has 2 aromatic rings. The molecule has 18 heavy (non-hydrogen) atoms. The number of aromatic nitrogens is 2. The molecule has 1 unspecified atom stereocenters. The molecule has 3 rings (SSSR count). The van der Waals surface area contributed by atoms with Crippen molar-refractivity contribution >= 4 is 17.5 Å². The third-order valence-corrected chi connectivity index (χ3v) is 3.82. The van der Waals surface area contributed by atoms with Gasteiger partial charge in [0, 0.05) is 5.56 Å². The number of benzene rings is 1. The van der Waals surface area contributed by atoms with E-state index >= 15 is 0 Å². The first-order valence-corrected chi connectivity index (χ1v) is 6.47. The Kier molecular flexibility index (Phi) is 2.92. The van der Waals surface area contributed by atoms with E-state index < -0.39 is 0 Å². The van der Waals surface area contributed by atoms with Gasteiger partial charge in [-0.3, -0.25) is 0 Å². The lowest BCUT2D eigenvalue weighted by Crippen LogP contribution is -2.16. The molecule has 1 heterocycles. The molecule has 92 valence electrons. The average molecular weight is 260 g/mol. The van der Waals surface area contributed by atoms with E-state index in [-0.39, 0.29) is 5.95 Å². The van der Waals surface area contributed by atoms with Crippen molar-refractivity contribution in [2.45, 2.75) is 25.2 Å². The topological polar surface area (TPSA) is 51.8 Å². The average Bonchev–Trinajstić information content (AvgIpc) is 2.39. The van der Waals surface area contributed by atoms with Crippen molar-refractivity contribution in [3.05, 3.63) is 52.3 Å². The number of nitrogens with two attached hydrogens (primary N) is 1. The van der Waals surface area contributed by atoms with Gasteiger partial charge in [0.2, 0.25) is 5.95 Å². The summed E-state index contributed by atoms with van der Waals surface area (Å²) in [5, 5.41) is 0.512. The predicted octanol–water partition coefficient (Wildman–Crippen LogP) is 2.98. The summed E-state index contributed by atoms with van der Waals surface area (Å²) in [7, 11) is 0. The van der Waals surface area contributed by atoms with E-state index in [0.29, 0.717) is 11.1 Å². The first-order chi connectivity index (χ1) is 8.74. The van der Waals surface area contributed by atoms with Crippen LogP contribution in [0.2, 0.25) is 5.15 Å². The summed E-state index contributed by atoms with van der Waals surface area (Å²) in [6.45, 7) is 0. The van der Waals surface area contributed by atoms with Gasteiger partial charge in [0.25, 0.3) is 0 Å². The quantitative estimate of drug-likeness (QED) is 0.801. The Hall–Kier alpha value is -1.61. The lowest BCUT2D eigenvalue weighted by molar-refractivity contribution is 0.572. The van der Waals surface area contributed by atoms with Crippen LogP contribution in [-0.2, 0) is 12.8 Å². The number of nitrogen functional groups attached to an aromatic ring is 1. The fourth-order valence-electron chi connectivity index (χ4n) is 2.60. The molecule has 1 atom stereocenters. The number of halogens is 1. The lowest BCUT2D eigenvalue weighted by atomic mass is 9.83. The number of nitrogens with zero attached hydrogens (tertiary/aromatic N) is 2. The van der Waals surface area contributed by atoms with Crippen LogP contribution >= 0.6 is 11.6 Å². The van der Waals surface area contributed by atoms with Crippen molar-refractivity contribution in [2.24, 2.45) is 0 Å². The largest absolute Gasteiger partial charge is 0.368 e. The smallest absolute Gasteiger partial charge is 0.221 e. The van der Waals surface area contributed by atoms with Gasteiger partial charge in [-0.05, 0) is 30.7 Å².